The first-order valence-corrected chi connectivity index (χ1v) is 5.70. The van der Waals surface area contributed by atoms with Crippen LogP contribution >= 0.6 is 11.6 Å². The Morgan fingerprint density at radius 2 is 2.06 bits per heavy atom. The molecule has 1 aromatic carbocycles. The summed E-state index contributed by atoms with van der Waals surface area (Å²) in [6, 6.07) is 8.99. The third-order valence-electron chi connectivity index (χ3n) is 2.66. The molecule has 0 aliphatic rings. The quantitative estimate of drug-likeness (QED) is 0.663. The van der Waals surface area contributed by atoms with Gasteiger partial charge in [0.15, 0.2) is 6.29 Å². The molecule has 0 radical (unpaired) electrons. The maximum Gasteiger partial charge on any atom is 0.151 e. The standard InChI is InChI=1S/C13H8ClN3O/c14-10-2-3-12-11(5-10)16-8-17(12)13-4-1-9(7-18)6-15-13/h1-8H. The van der Waals surface area contributed by atoms with Crippen molar-refractivity contribution in [1.82, 2.24) is 14.5 Å². The molecular weight excluding hydrogens is 250 g/mol. The molecule has 4 nitrogen and oxygen atoms in total. The Hall–Kier alpha value is -2.20. The molecule has 0 amide bonds. The van der Waals surface area contributed by atoms with Crippen LogP contribution in [0.3, 0.4) is 0 Å². The van der Waals surface area contributed by atoms with E-state index in [1.165, 1.54) is 6.20 Å². The number of hydrogen-bond donors (Lipinski definition) is 0. The van der Waals surface area contributed by atoms with Gasteiger partial charge in [-0.25, -0.2) is 9.97 Å². The molecule has 0 aliphatic heterocycles. The van der Waals surface area contributed by atoms with Crippen molar-refractivity contribution < 1.29 is 4.79 Å². The number of pyridine rings is 1. The molecule has 0 bridgehead atoms. The Morgan fingerprint density at radius 1 is 1.17 bits per heavy atom. The highest BCUT2D eigenvalue weighted by atomic mass is 35.5. The average molecular weight is 258 g/mol. The topological polar surface area (TPSA) is 47.8 Å². The van der Waals surface area contributed by atoms with E-state index in [-0.39, 0.29) is 0 Å². The number of rotatable bonds is 2. The minimum Gasteiger partial charge on any atom is -0.298 e. The summed E-state index contributed by atoms with van der Waals surface area (Å²) in [6.07, 6.45) is 3.98. The Labute approximate surface area is 108 Å². The smallest absolute Gasteiger partial charge is 0.151 e. The molecule has 3 aromatic rings. The highest BCUT2D eigenvalue weighted by Crippen LogP contribution is 2.20. The predicted octanol–water partition coefficient (Wildman–Crippen LogP) is 2.89. The number of nitrogens with zero attached hydrogens (tertiary/aromatic N) is 3. The van der Waals surface area contributed by atoms with Gasteiger partial charge in [0.1, 0.15) is 12.1 Å². The Kier molecular flexibility index (Phi) is 2.57. The molecule has 3 rings (SSSR count). The molecule has 5 heteroatoms. The van der Waals surface area contributed by atoms with Crippen molar-refractivity contribution in [3.05, 3.63) is 53.4 Å². The first kappa shape index (κ1) is 10.9. The Bertz CT molecular complexity index is 719. The lowest BCUT2D eigenvalue weighted by Crippen LogP contribution is -1.96. The number of aldehydes is 1. The third-order valence-corrected chi connectivity index (χ3v) is 2.90. The van der Waals surface area contributed by atoms with Crippen molar-refractivity contribution >= 4 is 28.9 Å². The van der Waals surface area contributed by atoms with E-state index in [0.29, 0.717) is 16.4 Å². The normalized spacial score (nSPS) is 10.7. The number of hydrogen-bond acceptors (Lipinski definition) is 3. The van der Waals surface area contributed by atoms with Crippen LogP contribution in [-0.2, 0) is 0 Å². The van der Waals surface area contributed by atoms with Gasteiger partial charge < -0.3 is 0 Å². The Balaban J connectivity index is 2.15. The first-order valence-electron chi connectivity index (χ1n) is 5.32. The fourth-order valence-corrected chi connectivity index (χ4v) is 1.94. The van der Waals surface area contributed by atoms with E-state index in [9.17, 15) is 4.79 Å². The van der Waals surface area contributed by atoms with E-state index < -0.39 is 0 Å². The number of aromatic nitrogens is 3. The highest BCUT2D eigenvalue weighted by Gasteiger charge is 2.05. The molecule has 18 heavy (non-hydrogen) atoms. The van der Waals surface area contributed by atoms with Crippen molar-refractivity contribution in [3.63, 3.8) is 0 Å². The van der Waals surface area contributed by atoms with Gasteiger partial charge in [-0.3, -0.25) is 9.36 Å². The second kappa shape index (κ2) is 4.23. The van der Waals surface area contributed by atoms with Gasteiger partial charge in [0.2, 0.25) is 0 Å². The summed E-state index contributed by atoms with van der Waals surface area (Å²) in [5, 5.41) is 0.650. The number of imidazole rings is 1. The largest absolute Gasteiger partial charge is 0.298 e. The maximum atomic E-state index is 10.6. The van der Waals surface area contributed by atoms with Gasteiger partial charge in [-0.15, -0.1) is 0 Å². The monoisotopic (exact) mass is 257 g/mol. The summed E-state index contributed by atoms with van der Waals surface area (Å²) >= 11 is 5.91. The minimum atomic E-state index is 0.547. The van der Waals surface area contributed by atoms with Crippen LogP contribution in [0.2, 0.25) is 5.02 Å². The summed E-state index contributed by atoms with van der Waals surface area (Å²) in [7, 11) is 0. The van der Waals surface area contributed by atoms with E-state index >= 15 is 0 Å². The summed E-state index contributed by atoms with van der Waals surface area (Å²) in [5.74, 6) is 0.713. The molecule has 2 heterocycles. The van der Waals surface area contributed by atoms with Crippen molar-refractivity contribution in [2.45, 2.75) is 0 Å². The molecule has 0 saturated heterocycles. The molecule has 0 fully saturated rings. The van der Waals surface area contributed by atoms with Crippen LogP contribution in [0.4, 0.5) is 0 Å². The first-order chi connectivity index (χ1) is 8.78. The van der Waals surface area contributed by atoms with Crippen molar-refractivity contribution in [2.75, 3.05) is 0 Å². The van der Waals surface area contributed by atoms with Gasteiger partial charge in [-0.05, 0) is 30.3 Å². The molecule has 0 saturated carbocycles. The molecule has 0 spiro atoms. The van der Waals surface area contributed by atoms with Gasteiger partial charge in [0.05, 0.1) is 11.0 Å². The second-order valence-electron chi connectivity index (χ2n) is 3.82. The van der Waals surface area contributed by atoms with Crippen molar-refractivity contribution in [3.8, 4) is 5.82 Å². The fourth-order valence-electron chi connectivity index (χ4n) is 1.78. The zero-order valence-corrected chi connectivity index (χ0v) is 10.0. The minimum absolute atomic E-state index is 0.547. The predicted molar refractivity (Wildman–Crippen MR) is 69.3 cm³/mol. The maximum absolute atomic E-state index is 10.6. The SMILES string of the molecule is O=Cc1ccc(-n2cnc3cc(Cl)ccc32)nc1. The lowest BCUT2D eigenvalue weighted by molar-refractivity contribution is 0.112. The summed E-state index contributed by atoms with van der Waals surface area (Å²) in [5.41, 5.74) is 2.28. The van der Waals surface area contributed by atoms with E-state index in [4.69, 9.17) is 11.6 Å². The Morgan fingerprint density at radius 3 is 2.78 bits per heavy atom. The highest BCUT2D eigenvalue weighted by molar-refractivity contribution is 6.31. The van der Waals surface area contributed by atoms with Gasteiger partial charge in [0.25, 0.3) is 0 Å². The van der Waals surface area contributed by atoms with Gasteiger partial charge in [0, 0.05) is 16.8 Å². The van der Waals surface area contributed by atoms with Gasteiger partial charge >= 0.3 is 0 Å². The lowest BCUT2D eigenvalue weighted by Gasteiger charge is -2.03. The van der Waals surface area contributed by atoms with E-state index in [1.54, 1.807) is 24.5 Å². The van der Waals surface area contributed by atoms with Crippen molar-refractivity contribution in [2.24, 2.45) is 0 Å². The van der Waals surface area contributed by atoms with Gasteiger partial charge in [-0.1, -0.05) is 11.6 Å². The van der Waals surface area contributed by atoms with Crippen LogP contribution in [-0.4, -0.2) is 20.8 Å². The molecule has 0 unspecified atom stereocenters. The number of fused-ring (bicyclic) bond motifs is 1. The third kappa shape index (κ3) is 1.76. The summed E-state index contributed by atoms with van der Waals surface area (Å²) in [4.78, 5) is 19.1. The van der Waals surface area contributed by atoms with Gasteiger partial charge in [-0.2, -0.15) is 0 Å². The molecule has 88 valence electrons. The second-order valence-corrected chi connectivity index (χ2v) is 4.25. The molecular formula is C13H8ClN3O. The van der Waals surface area contributed by atoms with E-state index in [0.717, 1.165) is 17.3 Å². The molecule has 0 aliphatic carbocycles. The zero-order valence-electron chi connectivity index (χ0n) is 9.25. The average Bonchev–Trinajstić information content (AvgIpc) is 2.81. The zero-order chi connectivity index (χ0) is 12.5. The van der Waals surface area contributed by atoms with Crippen LogP contribution in [0.25, 0.3) is 16.9 Å². The summed E-state index contributed by atoms with van der Waals surface area (Å²) in [6.45, 7) is 0. The van der Waals surface area contributed by atoms with Crippen LogP contribution in [0.15, 0.2) is 42.9 Å². The van der Waals surface area contributed by atoms with Crippen LogP contribution in [0.1, 0.15) is 10.4 Å². The molecule has 0 atom stereocenters. The van der Waals surface area contributed by atoms with E-state index in [2.05, 4.69) is 9.97 Å². The van der Waals surface area contributed by atoms with Crippen LogP contribution in [0.5, 0.6) is 0 Å². The van der Waals surface area contributed by atoms with Crippen molar-refractivity contribution in [1.29, 1.82) is 0 Å². The number of benzene rings is 1. The van der Waals surface area contributed by atoms with Crippen LogP contribution in [0, 0.1) is 0 Å². The lowest BCUT2D eigenvalue weighted by atomic mass is 10.3. The number of carbonyl (C=O) groups is 1. The van der Waals surface area contributed by atoms with E-state index in [1.807, 2.05) is 16.7 Å². The molecule has 2 aromatic heterocycles. The van der Waals surface area contributed by atoms with Crippen LogP contribution < -0.4 is 0 Å². The summed E-state index contributed by atoms with van der Waals surface area (Å²) < 4.78 is 1.85. The number of halogens is 1. The number of carbonyl (C=O) groups excluding carboxylic acids is 1. The fraction of sp³-hybridized carbons (Fsp3) is 0. The molecule has 0 N–H and O–H groups in total.